The predicted octanol–water partition coefficient (Wildman–Crippen LogP) is 4.32. The van der Waals surface area contributed by atoms with Gasteiger partial charge < -0.3 is 14.4 Å². The number of rotatable bonds is 5. The highest BCUT2D eigenvalue weighted by atomic mass is 16.6. The third-order valence-electron chi connectivity index (χ3n) is 4.58. The second kappa shape index (κ2) is 9.11. The Morgan fingerprint density at radius 3 is 2.29 bits per heavy atom. The van der Waals surface area contributed by atoms with Crippen LogP contribution < -0.4 is 4.74 Å². The molecule has 0 N–H and O–H groups in total. The SMILES string of the molecule is CC(C)(C)OC(=O)N1CCN(Cc2cccc(OCc3ccccc3)c2)CC1. The Morgan fingerprint density at radius 2 is 1.61 bits per heavy atom. The average molecular weight is 383 g/mol. The van der Waals surface area contributed by atoms with E-state index in [1.165, 1.54) is 5.56 Å². The summed E-state index contributed by atoms with van der Waals surface area (Å²) in [5.74, 6) is 0.883. The van der Waals surface area contributed by atoms with E-state index >= 15 is 0 Å². The lowest BCUT2D eigenvalue weighted by molar-refractivity contribution is 0.0139. The van der Waals surface area contributed by atoms with Crippen LogP contribution in [-0.2, 0) is 17.9 Å². The molecule has 0 atom stereocenters. The lowest BCUT2D eigenvalue weighted by Crippen LogP contribution is -2.49. The summed E-state index contributed by atoms with van der Waals surface area (Å²) in [5.41, 5.74) is 1.93. The number of carbonyl (C=O) groups excluding carboxylic acids is 1. The van der Waals surface area contributed by atoms with Crippen molar-refractivity contribution in [3.8, 4) is 5.75 Å². The van der Waals surface area contributed by atoms with Crippen LogP contribution in [0.5, 0.6) is 5.75 Å². The highest BCUT2D eigenvalue weighted by Gasteiger charge is 2.25. The molecule has 1 amide bonds. The minimum Gasteiger partial charge on any atom is -0.489 e. The van der Waals surface area contributed by atoms with E-state index in [9.17, 15) is 4.79 Å². The Labute approximate surface area is 167 Å². The van der Waals surface area contributed by atoms with Gasteiger partial charge in [-0.3, -0.25) is 4.90 Å². The highest BCUT2D eigenvalue weighted by molar-refractivity contribution is 5.68. The maximum Gasteiger partial charge on any atom is 0.410 e. The maximum absolute atomic E-state index is 12.2. The Hall–Kier alpha value is -2.53. The number of piperazine rings is 1. The number of nitrogens with zero attached hydrogens (tertiary/aromatic N) is 2. The molecule has 2 aromatic carbocycles. The summed E-state index contributed by atoms with van der Waals surface area (Å²) in [6, 6.07) is 18.4. The number of ether oxygens (including phenoxy) is 2. The molecular formula is C23H30N2O3. The maximum atomic E-state index is 12.2. The van der Waals surface area contributed by atoms with Crippen molar-refractivity contribution in [3.63, 3.8) is 0 Å². The molecule has 1 aliphatic rings. The summed E-state index contributed by atoms with van der Waals surface area (Å²) in [5, 5.41) is 0. The minimum atomic E-state index is -0.450. The van der Waals surface area contributed by atoms with E-state index in [1.54, 1.807) is 4.90 Å². The largest absolute Gasteiger partial charge is 0.489 e. The molecular weight excluding hydrogens is 352 g/mol. The van der Waals surface area contributed by atoms with Gasteiger partial charge in [-0.05, 0) is 44.0 Å². The average Bonchev–Trinajstić information content (AvgIpc) is 2.67. The summed E-state index contributed by atoms with van der Waals surface area (Å²) < 4.78 is 11.4. The predicted molar refractivity (Wildman–Crippen MR) is 110 cm³/mol. The standard InChI is InChI=1S/C23H30N2O3/c1-23(2,3)28-22(26)25-14-12-24(13-15-25)17-20-10-7-11-21(16-20)27-18-19-8-5-4-6-9-19/h4-11,16H,12-15,17-18H2,1-3H3. The summed E-state index contributed by atoms with van der Waals surface area (Å²) in [6.45, 7) is 10.2. The van der Waals surface area contributed by atoms with Crippen LogP contribution in [0.15, 0.2) is 54.6 Å². The van der Waals surface area contributed by atoms with E-state index < -0.39 is 5.60 Å². The van der Waals surface area contributed by atoms with Gasteiger partial charge in [0.05, 0.1) is 0 Å². The molecule has 150 valence electrons. The van der Waals surface area contributed by atoms with Gasteiger partial charge in [0.2, 0.25) is 0 Å². The van der Waals surface area contributed by atoms with Crippen LogP contribution in [0.25, 0.3) is 0 Å². The number of benzene rings is 2. The molecule has 0 radical (unpaired) electrons. The fraction of sp³-hybridized carbons (Fsp3) is 0.435. The fourth-order valence-corrected chi connectivity index (χ4v) is 3.15. The van der Waals surface area contributed by atoms with Gasteiger partial charge in [0, 0.05) is 32.7 Å². The first kappa shape index (κ1) is 20.2. The lowest BCUT2D eigenvalue weighted by atomic mass is 10.2. The molecule has 5 nitrogen and oxygen atoms in total. The first-order chi connectivity index (χ1) is 13.4. The van der Waals surface area contributed by atoms with E-state index in [2.05, 4.69) is 29.2 Å². The fourth-order valence-electron chi connectivity index (χ4n) is 3.15. The molecule has 0 bridgehead atoms. The van der Waals surface area contributed by atoms with Crippen molar-refractivity contribution in [2.45, 2.75) is 39.5 Å². The molecule has 28 heavy (non-hydrogen) atoms. The van der Waals surface area contributed by atoms with Gasteiger partial charge >= 0.3 is 6.09 Å². The van der Waals surface area contributed by atoms with Crippen LogP contribution in [0.2, 0.25) is 0 Å². The Bertz CT molecular complexity index is 763. The van der Waals surface area contributed by atoms with Crippen LogP contribution in [0.3, 0.4) is 0 Å². The van der Waals surface area contributed by atoms with Crippen molar-refractivity contribution in [2.75, 3.05) is 26.2 Å². The quantitative estimate of drug-likeness (QED) is 0.772. The highest BCUT2D eigenvalue weighted by Crippen LogP contribution is 2.18. The molecule has 1 saturated heterocycles. The van der Waals surface area contributed by atoms with Crippen LogP contribution in [0.1, 0.15) is 31.9 Å². The van der Waals surface area contributed by atoms with E-state index in [1.807, 2.05) is 51.1 Å². The van der Waals surface area contributed by atoms with Crippen molar-refractivity contribution in [3.05, 3.63) is 65.7 Å². The summed E-state index contributed by atoms with van der Waals surface area (Å²) in [4.78, 5) is 16.3. The molecule has 0 spiro atoms. The Kier molecular flexibility index (Phi) is 6.57. The van der Waals surface area contributed by atoms with Gasteiger partial charge in [0.25, 0.3) is 0 Å². The summed E-state index contributed by atoms with van der Waals surface area (Å²) >= 11 is 0. The third-order valence-corrected chi connectivity index (χ3v) is 4.58. The van der Waals surface area contributed by atoms with Crippen molar-refractivity contribution >= 4 is 6.09 Å². The van der Waals surface area contributed by atoms with Crippen molar-refractivity contribution in [1.29, 1.82) is 0 Å². The number of hydrogen-bond donors (Lipinski definition) is 0. The van der Waals surface area contributed by atoms with Gasteiger partial charge in [-0.15, -0.1) is 0 Å². The first-order valence-electron chi connectivity index (χ1n) is 9.85. The van der Waals surface area contributed by atoms with E-state index in [0.717, 1.165) is 30.9 Å². The Balaban J connectivity index is 1.48. The lowest BCUT2D eigenvalue weighted by Gasteiger charge is -2.35. The van der Waals surface area contributed by atoms with Gasteiger partial charge in [-0.1, -0.05) is 42.5 Å². The van der Waals surface area contributed by atoms with Crippen LogP contribution in [-0.4, -0.2) is 47.7 Å². The molecule has 3 rings (SSSR count). The molecule has 0 aliphatic carbocycles. The number of amides is 1. The second-order valence-electron chi connectivity index (χ2n) is 8.17. The van der Waals surface area contributed by atoms with Gasteiger partial charge in [-0.2, -0.15) is 0 Å². The summed E-state index contributed by atoms with van der Waals surface area (Å²) in [6.07, 6.45) is -0.219. The third kappa shape index (κ3) is 6.27. The second-order valence-corrected chi connectivity index (χ2v) is 8.17. The zero-order valence-electron chi connectivity index (χ0n) is 17.1. The van der Waals surface area contributed by atoms with E-state index in [0.29, 0.717) is 19.7 Å². The van der Waals surface area contributed by atoms with E-state index in [-0.39, 0.29) is 6.09 Å². The zero-order chi connectivity index (χ0) is 20.0. The normalized spacial score (nSPS) is 15.3. The molecule has 1 heterocycles. The van der Waals surface area contributed by atoms with E-state index in [4.69, 9.17) is 9.47 Å². The molecule has 0 unspecified atom stereocenters. The molecule has 1 aliphatic heterocycles. The molecule has 5 heteroatoms. The number of hydrogen-bond acceptors (Lipinski definition) is 4. The summed E-state index contributed by atoms with van der Waals surface area (Å²) in [7, 11) is 0. The zero-order valence-corrected chi connectivity index (χ0v) is 17.1. The van der Waals surface area contributed by atoms with Crippen LogP contribution in [0.4, 0.5) is 4.79 Å². The van der Waals surface area contributed by atoms with Crippen molar-refractivity contribution in [2.24, 2.45) is 0 Å². The first-order valence-corrected chi connectivity index (χ1v) is 9.85. The van der Waals surface area contributed by atoms with Gasteiger partial charge in [0.15, 0.2) is 0 Å². The number of carbonyl (C=O) groups is 1. The van der Waals surface area contributed by atoms with Crippen LogP contribution in [0, 0.1) is 0 Å². The molecule has 2 aromatic rings. The molecule has 1 fully saturated rings. The van der Waals surface area contributed by atoms with Gasteiger partial charge in [0.1, 0.15) is 18.0 Å². The monoisotopic (exact) mass is 382 g/mol. The van der Waals surface area contributed by atoms with Crippen molar-refractivity contribution < 1.29 is 14.3 Å². The van der Waals surface area contributed by atoms with Crippen LogP contribution >= 0.6 is 0 Å². The topological polar surface area (TPSA) is 42.0 Å². The smallest absolute Gasteiger partial charge is 0.410 e. The Morgan fingerprint density at radius 1 is 0.929 bits per heavy atom. The van der Waals surface area contributed by atoms with Crippen molar-refractivity contribution in [1.82, 2.24) is 9.80 Å². The van der Waals surface area contributed by atoms with Gasteiger partial charge in [-0.25, -0.2) is 4.79 Å². The molecule has 0 aromatic heterocycles. The molecule has 0 saturated carbocycles. The minimum absolute atomic E-state index is 0.219.